The van der Waals surface area contributed by atoms with Crippen molar-refractivity contribution < 1.29 is 4.79 Å². The summed E-state index contributed by atoms with van der Waals surface area (Å²) in [6.07, 6.45) is 0.627. The lowest BCUT2D eigenvalue weighted by atomic mass is 10.1. The van der Waals surface area contributed by atoms with E-state index in [4.69, 9.17) is 11.6 Å². The quantitative estimate of drug-likeness (QED) is 0.765. The molecule has 5 nitrogen and oxygen atoms in total. The minimum absolute atomic E-state index is 0.0772. The number of nitrogens with one attached hydrogen (secondary N) is 1. The maximum atomic E-state index is 12.6. The number of aryl methyl sites for hydroxylation is 1. The van der Waals surface area contributed by atoms with Crippen molar-refractivity contribution in [3.05, 3.63) is 75.0 Å². The first-order valence-electron chi connectivity index (χ1n) is 8.12. The first-order valence-corrected chi connectivity index (χ1v) is 8.50. The summed E-state index contributed by atoms with van der Waals surface area (Å²) in [6, 6.07) is 14.6. The fourth-order valence-corrected chi connectivity index (χ4v) is 2.94. The molecule has 1 heterocycles. The molecule has 0 saturated carbocycles. The Bertz CT molecular complexity index is 982. The Kier molecular flexibility index (Phi) is 5.14. The molecule has 0 fully saturated rings. The molecule has 2 aromatic carbocycles. The molecule has 0 bridgehead atoms. The summed E-state index contributed by atoms with van der Waals surface area (Å²) in [7, 11) is 0. The summed E-state index contributed by atoms with van der Waals surface area (Å²) in [4.78, 5) is 25.0. The van der Waals surface area contributed by atoms with Crippen LogP contribution in [0.15, 0.2) is 53.3 Å². The maximum Gasteiger partial charge on any atom is 0.275 e. The molecule has 3 aromatic rings. The number of halogens is 1. The summed E-state index contributed by atoms with van der Waals surface area (Å²) in [5.74, 6) is -0.458. The Hall–Kier alpha value is -2.66. The Balaban J connectivity index is 1.80. The number of amides is 1. The molecule has 0 unspecified atom stereocenters. The molecule has 0 aliphatic heterocycles. The molecule has 0 atom stereocenters. The Morgan fingerprint density at radius 2 is 2.00 bits per heavy atom. The van der Waals surface area contributed by atoms with Gasteiger partial charge in [0.15, 0.2) is 5.69 Å². The van der Waals surface area contributed by atoms with Crippen LogP contribution in [-0.4, -0.2) is 22.2 Å². The summed E-state index contributed by atoms with van der Waals surface area (Å²) >= 11 is 5.95. The van der Waals surface area contributed by atoms with Crippen molar-refractivity contribution >= 4 is 28.4 Å². The summed E-state index contributed by atoms with van der Waals surface area (Å²) < 4.78 is 1.67. The maximum absolute atomic E-state index is 12.6. The Labute approximate surface area is 150 Å². The summed E-state index contributed by atoms with van der Waals surface area (Å²) in [5.41, 5.74) is 1.32. The van der Waals surface area contributed by atoms with Gasteiger partial charge in [-0.2, -0.15) is 5.10 Å². The predicted molar refractivity (Wildman–Crippen MR) is 99.2 cm³/mol. The van der Waals surface area contributed by atoms with Crippen molar-refractivity contribution in [1.29, 1.82) is 0 Å². The van der Waals surface area contributed by atoms with E-state index in [1.165, 1.54) is 0 Å². The highest BCUT2D eigenvalue weighted by Gasteiger charge is 2.16. The number of nitrogens with zero attached hydrogens (tertiary/aromatic N) is 2. The molecule has 6 heteroatoms. The van der Waals surface area contributed by atoms with E-state index >= 15 is 0 Å². The zero-order chi connectivity index (χ0) is 17.8. The molecule has 0 radical (unpaired) electrons. The van der Waals surface area contributed by atoms with Gasteiger partial charge in [-0.3, -0.25) is 14.3 Å². The van der Waals surface area contributed by atoms with Gasteiger partial charge in [0.25, 0.3) is 5.91 Å². The van der Waals surface area contributed by atoms with Crippen molar-refractivity contribution in [2.24, 2.45) is 0 Å². The smallest absolute Gasteiger partial charge is 0.275 e. The van der Waals surface area contributed by atoms with Gasteiger partial charge in [-0.25, -0.2) is 0 Å². The van der Waals surface area contributed by atoms with Crippen molar-refractivity contribution in [2.75, 3.05) is 6.54 Å². The van der Waals surface area contributed by atoms with E-state index in [-0.39, 0.29) is 11.1 Å². The number of para-hydroxylation sites is 1. The monoisotopic (exact) mass is 355 g/mol. The van der Waals surface area contributed by atoms with E-state index in [9.17, 15) is 9.59 Å². The van der Waals surface area contributed by atoms with E-state index in [2.05, 4.69) is 10.4 Å². The van der Waals surface area contributed by atoms with Crippen LogP contribution < -0.4 is 10.7 Å². The SMILES string of the molecule is CCn1nc(C(=O)NCCc2cccc(Cl)c2)c(=O)c2ccccc21. The zero-order valence-electron chi connectivity index (χ0n) is 13.8. The fraction of sp³-hybridized carbons (Fsp3) is 0.211. The number of carbonyl (C=O) groups is 1. The largest absolute Gasteiger partial charge is 0.350 e. The second-order valence-electron chi connectivity index (χ2n) is 5.65. The number of hydrogen-bond acceptors (Lipinski definition) is 3. The van der Waals surface area contributed by atoms with Crippen molar-refractivity contribution in [2.45, 2.75) is 19.9 Å². The number of rotatable bonds is 5. The van der Waals surface area contributed by atoms with Crippen LogP contribution in [0.25, 0.3) is 10.9 Å². The fourth-order valence-electron chi connectivity index (χ4n) is 2.72. The molecule has 1 amide bonds. The summed E-state index contributed by atoms with van der Waals surface area (Å²) in [5, 5.41) is 8.15. The second-order valence-corrected chi connectivity index (χ2v) is 6.08. The lowest BCUT2D eigenvalue weighted by Gasteiger charge is -2.10. The van der Waals surface area contributed by atoms with Gasteiger partial charge in [0.1, 0.15) is 0 Å². The molecule has 1 N–H and O–H groups in total. The van der Waals surface area contributed by atoms with Crippen LogP contribution in [-0.2, 0) is 13.0 Å². The highest BCUT2D eigenvalue weighted by Crippen LogP contribution is 2.11. The van der Waals surface area contributed by atoms with Gasteiger partial charge in [0.05, 0.1) is 5.52 Å². The third kappa shape index (κ3) is 3.72. The standard InChI is InChI=1S/C19H18ClN3O2/c1-2-23-16-9-4-3-8-15(16)18(24)17(22-23)19(25)21-11-10-13-6-5-7-14(20)12-13/h3-9,12H,2,10-11H2,1H3,(H,21,25). The van der Waals surface area contributed by atoms with E-state index < -0.39 is 5.91 Å². The minimum Gasteiger partial charge on any atom is -0.350 e. The lowest BCUT2D eigenvalue weighted by Crippen LogP contribution is -2.33. The molecular formula is C19H18ClN3O2. The lowest BCUT2D eigenvalue weighted by molar-refractivity contribution is 0.0946. The van der Waals surface area contributed by atoms with Gasteiger partial charge in [0.2, 0.25) is 5.43 Å². The number of fused-ring (bicyclic) bond motifs is 1. The van der Waals surface area contributed by atoms with Crippen LogP contribution in [0.3, 0.4) is 0 Å². The van der Waals surface area contributed by atoms with Gasteiger partial charge in [0, 0.05) is 23.5 Å². The van der Waals surface area contributed by atoms with Crippen molar-refractivity contribution in [1.82, 2.24) is 15.1 Å². The average Bonchev–Trinajstić information content (AvgIpc) is 2.62. The van der Waals surface area contributed by atoms with Gasteiger partial charge in [-0.15, -0.1) is 0 Å². The predicted octanol–water partition coefficient (Wildman–Crippen LogP) is 3.04. The van der Waals surface area contributed by atoms with E-state index in [0.29, 0.717) is 29.9 Å². The first-order chi connectivity index (χ1) is 12.1. The van der Waals surface area contributed by atoms with Gasteiger partial charge in [-0.05, 0) is 43.2 Å². The molecule has 128 valence electrons. The molecular weight excluding hydrogens is 338 g/mol. The highest BCUT2D eigenvalue weighted by atomic mass is 35.5. The summed E-state index contributed by atoms with van der Waals surface area (Å²) in [6.45, 7) is 2.90. The van der Waals surface area contributed by atoms with Gasteiger partial charge < -0.3 is 5.32 Å². The minimum atomic E-state index is -0.458. The highest BCUT2D eigenvalue weighted by molar-refractivity contribution is 6.30. The zero-order valence-corrected chi connectivity index (χ0v) is 14.6. The third-order valence-corrected chi connectivity index (χ3v) is 4.20. The van der Waals surface area contributed by atoms with Crippen LogP contribution in [0.1, 0.15) is 23.0 Å². The van der Waals surface area contributed by atoms with E-state index in [1.54, 1.807) is 22.9 Å². The van der Waals surface area contributed by atoms with E-state index in [1.807, 2.05) is 37.3 Å². The first kappa shape index (κ1) is 17.2. The molecule has 25 heavy (non-hydrogen) atoms. The molecule has 3 rings (SSSR count). The van der Waals surface area contributed by atoms with E-state index in [0.717, 1.165) is 11.1 Å². The molecule has 0 spiro atoms. The van der Waals surface area contributed by atoms with Crippen molar-refractivity contribution in [3.63, 3.8) is 0 Å². The van der Waals surface area contributed by atoms with Gasteiger partial charge in [-0.1, -0.05) is 35.9 Å². The number of carbonyl (C=O) groups excluding carboxylic acids is 1. The Morgan fingerprint density at radius 1 is 1.20 bits per heavy atom. The number of hydrogen-bond donors (Lipinski definition) is 1. The molecule has 0 aliphatic rings. The van der Waals surface area contributed by atoms with Crippen LogP contribution in [0.5, 0.6) is 0 Å². The average molecular weight is 356 g/mol. The molecule has 1 aromatic heterocycles. The van der Waals surface area contributed by atoms with Crippen molar-refractivity contribution in [3.8, 4) is 0 Å². The number of benzene rings is 2. The third-order valence-electron chi connectivity index (χ3n) is 3.97. The van der Waals surface area contributed by atoms with Crippen LogP contribution in [0, 0.1) is 0 Å². The molecule has 0 saturated heterocycles. The van der Waals surface area contributed by atoms with Crippen LogP contribution >= 0.6 is 11.6 Å². The topological polar surface area (TPSA) is 64.0 Å². The van der Waals surface area contributed by atoms with Gasteiger partial charge >= 0.3 is 0 Å². The second kappa shape index (κ2) is 7.49. The normalized spacial score (nSPS) is 10.8. The Morgan fingerprint density at radius 3 is 2.76 bits per heavy atom. The number of aromatic nitrogens is 2. The molecule has 0 aliphatic carbocycles. The van der Waals surface area contributed by atoms with Crippen LogP contribution in [0.4, 0.5) is 0 Å². The van der Waals surface area contributed by atoms with Crippen LogP contribution in [0.2, 0.25) is 5.02 Å².